The van der Waals surface area contributed by atoms with Crippen LogP contribution in [0.15, 0.2) is 24.3 Å². The number of carbonyl (C=O) groups is 1. The predicted octanol–water partition coefficient (Wildman–Crippen LogP) is 2.69. The van der Waals surface area contributed by atoms with E-state index in [1.807, 2.05) is 12.1 Å². The summed E-state index contributed by atoms with van der Waals surface area (Å²) in [5.74, 6) is 1.48. The minimum Gasteiger partial charge on any atom is -0.496 e. The summed E-state index contributed by atoms with van der Waals surface area (Å²) < 4.78 is 5.14. The Morgan fingerprint density at radius 1 is 1.47 bits per heavy atom. The number of hydrogen-bond acceptors (Lipinski definition) is 2. The van der Waals surface area contributed by atoms with Crippen molar-refractivity contribution < 1.29 is 9.53 Å². The highest BCUT2D eigenvalue weighted by molar-refractivity contribution is 6.17. The molecule has 4 heteroatoms. The van der Waals surface area contributed by atoms with Crippen molar-refractivity contribution in [1.82, 2.24) is 5.32 Å². The summed E-state index contributed by atoms with van der Waals surface area (Å²) in [6, 6.07) is 7.18. The van der Waals surface area contributed by atoms with E-state index in [9.17, 15) is 4.79 Å². The molecule has 0 saturated carbocycles. The van der Waals surface area contributed by atoms with Crippen molar-refractivity contribution in [2.45, 2.75) is 13.3 Å². The fraction of sp³-hybridized carbons (Fsp3) is 0.462. The van der Waals surface area contributed by atoms with Gasteiger partial charge in [-0.3, -0.25) is 4.79 Å². The lowest BCUT2D eigenvalue weighted by Gasteiger charge is -2.12. The first kappa shape index (κ1) is 13.8. The van der Waals surface area contributed by atoms with Crippen molar-refractivity contribution in [3.8, 4) is 5.75 Å². The molecule has 1 atom stereocenters. The standard InChI is InChI=1S/C13H18ClNO2/c1-10(7-8-14)9-15-13(16)11-5-3-4-6-12(11)17-2/h3-6,10H,7-9H2,1-2H3,(H,15,16). The van der Waals surface area contributed by atoms with Crippen LogP contribution in [0.1, 0.15) is 23.7 Å². The third-order valence-electron chi connectivity index (χ3n) is 2.56. The van der Waals surface area contributed by atoms with Gasteiger partial charge in [0.2, 0.25) is 0 Å². The largest absolute Gasteiger partial charge is 0.496 e. The van der Waals surface area contributed by atoms with E-state index in [2.05, 4.69) is 12.2 Å². The summed E-state index contributed by atoms with van der Waals surface area (Å²) in [4.78, 5) is 11.9. The Bertz CT molecular complexity index is 368. The van der Waals surface area contributed by atoms with Gasteiger partial charge >= 0.3 is 0 Å². The first-order chi connectivity index (χ1) is 8.19. The number of ether oxygens (including phenoxy) is 1. The molecule has 0 saturated heterocycles. The zero-order valence-electron chi connectivity index (χ0n) is 10.2. The molecule has 0 aliphatic carbocycles. The molecule has 1 aromatic rings. The minimum atomic E-state index is -0.108. The van der Waals surface area contributed by atoms with Crippen LogP contribution in [-0.4, -0.2) is 25.4 Å². The maximum Gasteiger partial charge on any atom is 0.255 e. The number of methoxy groups -OCH3 is 1. The van der Waals surface area contributed by atoms with Crippen molar-refractivity contribution >= 4 is 17.5 Å². The van der Waals surface area contributed by atoms with E-state index < -0.39 is 0 Å². The lowest BCUT2D eigenvalue weighted by atomic mass is 10.1. The van der Waals surface area contributed by atoms with E-state index in [1.54, 1.807) is 19.2 Å². The third-order valence-corrected chi connectivity index (χ3v) is 2.78. The summed E-state index contributed by atoms with van der Waals surface area (Å²) >= 11 is 5.64. The molecule has 94 valence electrons. The smallest absolute Gasteiger partial charge is 0.255 e. The van der Waals surface area contributed by atoms with Crippen molar-refractivity contribution in [3.63, 3.8) is 0 Å². The lowest BCUT2D eigenvalue weighted by molar-refractivity contribution is 0.0945. The molecule has 0 aliphatic heterocycles. The predicted molar refractivity (Wildman–Crippen MR) is 69.8 cm³/mol. The Labute approximate surface area is 107 Å². The Balaban J connectivity index is 2.58. The van der Waals surface area contributed by atoms with Gasteiger partial charge in [0.1, 0.15) is 5.75 Å². The highest BCUT2D eigenvalue weighted by Gasteiger charge is 2.11. The molecular formula is C13H18ClNO2. The molecule has 1 aromatic carbocycles. The van der Waals surface area contributed by atoms with Crippen LogP contribution in [0.5, 0.6) is 5.75 Å². The average molecular weight is 256 g/mol. The van der Waals surface area contributed by atoms with Gasteiger partial charge in [0.15, 0.2) is 0 Å². The maximum absolute atomic E-state index is 11.9. The third kappa shape index (κ3) is 4.27. The number of alkyl halides is 1. The van der Waals surface area contributed by atoms with Gasteiger partial charge < -0.3 is 10.1 Å². The Kier molecular flexibility index (Phi) is 5.84. The zero-order chi connectivity index (χ0) is 12.7. The van der Waals surface area contributed by atoms with Crippen molar-refractivity contribution in [2.75, 3.05) is 19.5 Å². The van der Waals surface area contributed by atoms with Crippen LogP contribution in [-0.2, 0) is 0 Å². The number of halogens is 1. The van der Waals surface area contributed by atoms with Crippen LogP contribution in [0.3, 0.4) is 0 Å². The average Bonchev–Trinajstić information content (AvgIpc) is 2.36. The van der Waals surface area contributed by atoms with Gasteiger partial charge in [-0.15, -0.1) is 11.6 Å². The normalized spacial score (nSPS) is 11.9. The summed E-state index contributed by atoms with van der Waals surface area (Å²) in [5.41, 5.74) is 0.563. The van der Waals surface area contributed by atoms with Gasteiger partial charge in [0, 0.05) is 12.4 Å². The van der Waals surface area contributed by atoms with E-state index >= 15 is 0 Å². The molecule has 0 spiro atoms. The Morgan fingerprint density at radius 3 is 2.82 bits per heavy atom. The van der Waals surface area contributed by atoms with E-state index in [-0.39, 0.29) is 5.91 Å². The summed E-state index contributed by atoms with van der Waals surface area (Å²) in [7, 11) is 1.56. The van der Waals surface area contributed by atoms with Gasteiger partial charge in [-0.25, -0.2) is 0 Å². The van der Waals surface area contributed by atoms with Crippen LogP contribution in [0, 0.1) is 5.92 Å². The zero-order valence-corrected chi connectivity index (χ0v) is 11.0. The van der Waals surface area contributed by atoms with E-state index in [1.165, 1.54) is 0 Å². The molecule has 3 nitrogen and oxygen atoms in total. The Hall–Kier alpha value is -1.22. The number of hydrogen-bond donors (Lipinski definition) is 1. The summed E-state index contributed by atoms with van der Waals surface area (Å²) in [5, 5.41) is 2.88. The molecule has 1 unspecified atom stereocenters. The molecule has 1 rings (SSSR count). The summed E-state index contributed by atoms with van der Waals surface area (Å²) in [6.45, 7) is 2.69. The van der Waals surface area contributed by atoms with Crippen molar-refractivity contribution in [1.29, 1.82) is 0 Å². The Morgan fingerprint density at radius 2 is 2.18 bits per heavy atom. The molecule has 0 bridgehead atoms. The second-order valence-corrected chi connectivity index (χ2v) is 4.37. The minimum absolute atomic E-state index is 0.108. The molecule has 1 amide bonds. The van der Waals surface area contributed by atoms with Gasteiger partial charge in [-0.05, 0) is 24.5 Å². The second kappa shape index (κ2) is 7.17. The van der Waals surface area contributed by atoms with Gasteiger partial charge in [-0.1, -0.05) is 19.1 Å². The number of carbonyl (C=O) groups excluding carboxylic acids is 1. The maximum atomic E-state index is 11.9. The molecule has 0 aromatic heterocycles. The fourth-order valence-corrected chi connectivity index (χ4v) is 1.86. The molecule has 1 N–H and O–H groups in total. The number of nitrogens with one attached hydrogen (secondary N) is 1. The molecule has 0 heterocycles. The van der Waals surface area contributed by atoms with Crippen LogP contribution in [0.25, 0.3) is 0 Å². The second-order valence-electron chi connectivity index (χ2n) is 3.99. The highest BCUT2D eigenvalue weighted by atomic mass is 35.5. The molecule has 0 radical (unpaired) electrons. The first-order valence-electron chi connectivity index (χ1n) is 5.66. The van der Waals surface area contributed by atoms with Crippen LogP contribution in [0.2, 0.25) is 0 Å². The van der Waals surface area contributed by atoms with Gasteiger partial charge in [0.05, 0.1) is 12.7 Å². The topological polar surface area (TPSA) is 38.3 Å². The molecule has 0 fully saturated rings. The van der Waals surface area contributed by atoms with Gasteiger partial charge in [-0.2, -0.15) is 0 Å². The number of amides is 1. The van der Waals surface area contributed by atoms with Gasteiger partial charge in [0.25, 0.3) is 5.91 Å². The van der Waals surface area contributed by atoms with Crippen LogP contribution in [0.4, 0.5) is 0 Å². The fourth-order valence-electron chi connectivity index (χ4n) is 1.48. The first-order valence-corrected chi connectivity index (χ1v) is 6.19. The quantitative estimate of drug-likeness (QED) is 0.794. The number of benzene rings is 1. The van der Waals surface area contributed by atoms with Crippen LogP contribution < -0.4 is 10.1 Å². The number of rotatable bonds is 6. The number of para-hydroxylation sites is 1. The SMILES string of the molecule is COc1ccccc1C(=O)NCC(C)CCCl. The lowest BCUT2D eigenvalue weighted by Crippen LogP contribution is -2.28. The van der Waals surface area contributed by atoms with Crippen LogP contribution >= 0.6 is 11.6 Å². The molecular weight excluding hydrogens is 238 g/mol. The molecule has 0 aliphatic rings. The highest BCUT2D eigenvalue weighted by Crippen LogP contribution is 2.16. The monoisotopic (exact) mass is 255 g/mol. The summed E-state index contributed by atoms with van der Waals surface area (Å²) in [6.07, 6.45) is 0.897. The van der Waals surface area contributed by atoms with E-state index in [0.29, 0.717) is 29.7 Å². The van der Waals surface area contributed by atoms with E-state index in [4.69, 9.17) is 16.3 Å². The van der Waals surface area contributed by atoms with Crippen molar-refractivity contribution in [2.24, 2.45) is 5.92 Å². The van der Waals surface area contributed by atoms with Crippen molar-refractivity contribution in [3.05, 3.63) is 29.8 Å². The molecule has 17 heavy (non-hydrogen) atoms. The van der Waals surface area contributed by atoms with E-state index in [0.717, 1.165) is 6.42 Å².